The minimum atomic E-state index is -2.57. The molecule has 31 heavy (non-hydrogen) atoms. The first-order valence-electron chi connectivity index (χ1n) is 9.71. The number of rotatable bonds is 4. The number of fused-ring (bicyclic) bond motifs is 1. The van der Waals surface area contributed by atoms with Crippen LogP contribution >= 0.6 is 0 Å². The molecule has 0 saturated heterocycles. The fraction of sp³-hybridized carbons (Fsp3) is 0.273. The number of halogens is 2. The summed E-state index contributed by atoms with van der Waals surface area (Å²) in [4.78, 5) is 4.08. The SMILES string of the molecule is Cn1cc(Nc2cc(O)ccc2C=N)cn1.N#Cc1cnc2c(c1C(F)F)CCCC2. The molecule has 0 bridgehead atoms. The second-order valence-electron chi connectivity index (χ2n) is 7.07. The van der Waals surface area contributed by atoms with Crippen LogP contribution in [-0.2, 0) is 19.9 Å². The van der Waals surface area contributed by atoms with Crippen molar-refractivity contribution in [3.8, 4) is 11.8 Å². The van der Waals surface area contributed by atoms with Gasteiger partial charge in [0.05, 0.1) is 23.1 Å². The summed E-state index contributed by atoms with van der Waals surface area (Å²) in [5, 5.41) is 32.5. The maximum Gasteiger partial charge on any atom is 0.265 e. The van der Waals surface area contributed by atoms with Crippen molar-refractivity contribution in [2.75, 3.05) is 5.32 Å². The van der Waals surface area contributed by atoms with Crippen LogP contribution < -0.4 is 5.32 Å². The fourth-order valence-corrected chi connectivity index (χ4v) is 3.45. The molecule has 2 heterocycles. The molecule has 160 valence electrons. The maximum atomic E-state index is 12.8. The number of hydrogen-bond acceptors (Lipinski definition) is 6. The summed E-state index contributed by atoms with van der Waals surface area (Å²) in [6, 6.07) is 6.59. The molecule has 4 rings (SSSR count). The van der Waals surface area contributed by atoms with Gasteiger partial charge in [0.25, 0.3) is 6.43 Å². The Kier molecular flexibility index (Phi) is 6.92. The van der Waals surface area contributed by atoms with Crippen molar-refractivity contribution in [1.82, 2.24) is 14.8 Å². The van der Waals surface area contributed by atoms with Gasteiger partial charge in [-0.05, 0) is 43.4 Å². The van der Waals surface area contributed by atoms with Gasteiger partial charge in [0.15, 0.2) is 0 Å². The van der Waals surface area contributed by atoms with Gasteiger partial charge in [-0.2, -0.15) is 10.4 Å². The summed E-state index contributed by atoms with van der Waals surface area (Å²) >= 11 is 0. The lowest BCUT2D eigenvalue weighted by atomic mass is 9.90. The first kappa shape index (κ1) is 21.9. The Bertz CT molecular complexity index is 1120. The van der Waals surface area contributed by atoms with Crippen molar-refractivity contribution < 1.29 is 13.9 Å². The van der Waals surface area contributed by atoms with E-state index in [2.05, 4.69) is 15.4 Å². The summed E-state index contributed by atoms with van der Waals surface area (Å²) in [5.74, 6) is 0.164. The maximum absolute atomic E-state index is 12.8. The van der Waals surface area contributed by atoms with Gasteiger partial charge < -0.3 is 15.8 Å². The first-order chi connectivity index (χ1) is 14.9. The van der Waals surface area contributed by atoms with Crippen LogP contribution in [0.4, 0.5) is 20.2 Å². The number of aryl methyl sites for hydroxylation is 2. The van der Waals surface area contributed by atoms with Crippen molar-refractivity contribution in [2.45, 2.75) is 32.1 Å². The number of benzene rings is 1. The van der Waals surface area contributed by atoms with E-state index in [-0.39, 0.29) is 16.9 Å². The molecule has 0 spiro atoms. The topological polar surface area (TPSA) is 111 Å². The Hall–Kier alpha value is -3.80. The van der Waals surface area contributed by atoms with Gasteiger partial charge in [-0.3, -0.25) is 9.67 Å². The van der Waals surface area contributed by atoms with Gasteiger partial charge in [0.1, 0.15) is 11.8 Å². The number of nitriles is 1. The monoisotopic (exact) mass is 424 g/mol. The Morgan fingerprint density at radius 1 is 1.29 bits per heavy atom. The molecule has 1 aliphatic carbocycles. The van der Waals surface area contributed by atoms with E-state index in [4.69, 9.17) is 10.7 Å². The molecule has 1 aromatic carbocycles. The molecule has 2 aromatic heterocycles. The summed E-state index contributed by atoms with van der Waals surface area (Å²) < 4.78 is 27.3. The highest BCUT2D eigenvalue weighted by Crippen LogP contribution is 2.32. The van der Waals surface area contributed by atoms with Crippen LogP contribution in [0.1, 0.15) is 47.2 Å². The predicted octanol–water partition coefficient (Wildman–Crippen LogP) is 4.64. The third-order valence-electron chi connectivity index (χ3n) is 4.92. The molecule has 0 atom stereocenters. The lowest BCUT2D eigenvalue weighted by molar-refractivity contribution is 0.149. The quantitative estimate of drug-likeness (QED) is 0.529. The minimum absolute atomic E-state index is 0.0191. The average molecular weight is 424 g/mol. The van der Waals surface area contributed by atoms with E-state index in [1.807, 2.05) is 13.2 Å². The average Bonchev–Trinajstić information content (AvgIpc) is 3.17. The molecule has 0 radical (unpaired) electrons. The first-order valence-corrected chi connectivity index (χ1v) is 9.71. The fourth-order valence-electron chi connectivity index (χ4n) is 3.45. The predicted molar refractivity (Wildman–Crippen MR) is 113 cm³/mol. The van der Waals surface area contributed by atoms with Crippen LogP contribution in [0.2, 0.25) is 0 Å². The third-order valence-corrected chi connectivity index (χ3v) is 4.92. The van der Waals surface area contributed by atoms with E-state index in [1.54, 1.807) is 35.1 Å². The van der Waals surface area contributed by atoms with E-state index >= 15 is 0 Å². The van der Waals surface area contributed by atoms with Crippen molar-refractivity contribution in [3.63, 3.8) is 0 Å². The van der Waals surface area contributed by atoms with Crippen LogP contribution in [0.3, 0.4) is 0 Å². The zero-order valence-corrected chi connectivity index (χ0v) is 16.9. The van der Waals surface area contributed by atoms with Crippen LogP contribution in [0.15, 0.2) is 36.8 Å². The molecular formula is C22H22F2N6O. The van der Waals surface area contributed by atoms with Crippen molar-refractivity contribution in [2.24, 2.45) is 7.05 Å². The number of aromatic hydroxyl groups is 1. The zero-order chi connectivity index (χ0) is 22.4. The standard InChI is InChI=1S/C11H10F2N2.C11H12N4O/c12-11(13)10-7(5-14)6-15-9-4-2-1-3-8(9)10;1-15-7-9(6-13-15)14-11-4-10(16)3-2-8(11)5-12/h6,11H,1-4H2;2-7,12,14,16H,1H3. The summed E-state index contributed by atoms with van der Waals surface area (Å²) in [6.07, 6.45) is 6.70. The largest absolute Gasteiger partial charge is 0.508 e. The smallest absolute Gasteiger partial charge is 0.265 e. The Labute approximate surface area is 178 Å². The second-order valence-corrected chi connectivity index (χ2v) is 7.07. The molecule has 3 N–H and O–H groups in total. The number of phenolic OH excluding ortho intramolecular Hbond substituents is 1. The number of nitrogens with zero attached hydrogens (tertiary/aromatic N) is 4. The summed E-state index contributed by atoms with van der Waals surface area (Å²) in [7, 11) is 1.82. The molecule has 1 aliphatic rings. The number of anilines is 2. The van der Waals surface area contributed by atoms with E-state index in [1.165, 1.54) is 12.4 Å². The van der Waals surface area contributed by atoms with E-state index in [0.717, 1.165) is 30.6 Å². The summed E-state index contributed by atoms with van der Waals surface area (Å²) in [5.41, 5.74) is 3.49. The molecule has 0 fully saturated rings. The molecule has 0 aliphatic heterocycles. The molecule has 0 amide bonds. The molecule has 0 saturated carbocycles. The third kappa shape index (κ3) is 5.22. The van der Waals surface area contributed by atoms with Crippen LogP contribution in [-0.4, -0.2) is 26.1 Å². The van der Waals surface area contributed by atoms with Crippen molar-refractivity contribution in [1.29, 1.82) is 10.7 Å². The second kappa shape index (κ2) is 9.80. The number of hydrogen-bond donors (Lipinski definition) is 3. The molecule has 9 heteroatoms. The Morgan fingerprint density at radius 2 is 2.06 bits per heavy atom. The van der Waals surface area contributed by atoms with Gasteiger partial charge in [0.2, 0.25) is 0 Å². The zero-order valence-electron chi connectivity index (χ0n) is 16.9. The number of phenols is 1. The number of nitrogens with one attached hydrogen (secondary N) is 2. The molecule has 3 aromatic rings. The van der Waals surface area contributed by atoms with Crippen LogP contribution in [0.5, 0.6) is 5.75 Å². The van der Waals surface area contributed by atoms with Gasteiger partial charge in [0, 0.05) is 48.5 Å². The molecular weight excluding hydrogens is 402 g/mol. The number of aromatic nitrogens is 3. The molecule has 7 nitrogen and oxygen atoms in total. The highest BCUT2D eigenvalue weighted by molar-refractivity contribution is 5.87. The highest BCUT2D eigenvalue weighted by Gasteiger charge is 2.23. The van der Waals surface area contributed by atoms with Gasteiger partial charge in [-0.1, -0.05) is 0 Å². The van der Waals surface area contributed by atoms with E-state index in [9.17, 15) is 13.9 Å². The normalized spacial score (nSPS) is 12.4. The van der Waals surface area contributed by atoms with E-state index < -0.39 is 6.43 Å². The number of pyridine rings is 1. The van der Waals surface area contributed by atoms with Crippen molar-refractivity contribution >= 4 is 17.6 Å². The lowest BCUT2D eigenvalue weighted by Crippen LogP contribution is -2.10. The van der Waals surface area contributed by atoms with Crippen LogP contribution in [0, 0.1) is 16.7 Å². The summed E-state index contributed by atoms with van der Waals surface area (Å²) in [6.45, 7) is 0. The molecule has 0 unspecified atom stereocenters. The number of alkyl halides is 2. The lowest BCUT2D eigenvalue weighted by Gasteiger charge is -2.18. The Morgan fingerprint density at radius 3 is 2.71 bits per heavy atom. The van der Waals surface area contributed by atoms with Gasteiger partial charge >= 0.3 is 0 Å². The minimum Gasteiger partial charge on any atom is -0.508 e. The Balaban J connectivity index is 0.000000176. The van der Waals surface area contributed by atoms with Gasteiger partial charge in [-0.15, -0.1) is 0 Å². The van der Waals surface area contributed by atoms with E-state index in [0.29, 0.717) is 23.2 Å². The van der Waals surface area contributed by atoms with Crippen molar-refractivity contribution in [3.05, 3.63) is 64.7 Å². The highest BCUT2D eigenvalue weighted by atomic mass is 19.3. The van der Waals surface area contributed by atoms with Gasteiger partial charge in [-0.25, -0.2) is 8.78 Å². The van der Waals surface area contributed by atoms with Crippen LogP contribution in [0.25, 0.3) is 0 Å².